The van der Waals surface area contributed by atoms with Crippen molar-refractivity contribution in [2.75, 3.05) is 5.32 Å². The number of hydrogen-bond acceptors (Lipinski definition) is 5. The molecule has 8 nitrogen and oxygen atoms in total. The van der Waals surface area contributed by atoms with Crippen molar-refractivity contribution in [3.8, 4) is 0 Å². The maximum absolute atomic E-state index is 12.4. The Morgan fingerprint density at radius 2 is 1.93 bits per heavy atom. The number of carbonyl (C=O) groups excluding carboxylic acids is 1. The minimum absolute atomic E-state index is 0.0103. The maximum Gasteiger partial charge on any atom is 0.242 e. The molecule has 0 fully saturated rings. The van der Waals surface area contributed by atoms with Crippen molar-refractivity contribution in [1.82, 2.24) is 19.5 Å². The summed E-state index contributed by atoms with van der Waals surface area (Å²) in [4.78, 5) is 16.8. The number of anilines is 1. The monoisotopic (exact) mass is 421 g/mol. The zero-order valence-corrected chi connectivity index (χ0v) is 17.1. The molecule has 0 saturated heterocycles. The van der Waals surface area contributed by atoms with Gasteiger partial charge in [0.1, 0.15) is 0 Å². The molecule has 1 aromatic carbocycles. The molecule has 0 bridgehead atoms. The molecule has 0 radical (unpaired) electrons. The summed E-state index contributed by atoms with van der Waals surface area (Å²) in [6.07, 6.45) is 3.18. The number of nitrogens with zero attached hydrogens (tertiary/aromatic N) is 3. The molecule has 0 spiro atoms. The first-order valence-corrected chi connectivity index (χ1v) is 10.5. The summed E-state index contributed by atoms with van der Waals surface area (Å²) in [6, 6.07) is 6.72. The van der Waals surface area contributed by atoms with Crippen molar-refractivity contribution in [2.24, 2.45) is 0 Å². The highest BCUT2D eigenvalue weighted by atomic mass is 35.5. The first-order valence-electron chi connectivity index (χ1n) is 8.59. The summed E-state index contributed by atoms with van der Waals surface area (Å²) in [5, 5.41) is 8.01. The molecule has 3 aromatic rings. The Labute approximate surface area is 168 Å². The number of hydrogen-bond donors (Lipinski definition) is 2. The topological polar surface area (TPSA) is 106 Å². The van der Waals surface area contributed by atoms with Crippen LogP contribution in [-0.4, -0.2) is 35.1 Å². The van der Waals surface area contributed by atoms with Crippen LogP contribution in [-0.2, 0) is 14.8 Å². The van der Waals surface area contributed by atoms with Gasteiger partial charge in [0.05, 0.1) is 29.0 Å². The van der Waals surface area contributed by atoms with Crippen LogP contribution in [0, 0.1) is 0 Å². The SMILES string of the molecule is CC(C)n1ncc2cc(NC(=O)[C@@H](C)NS(=O)(=O)c3cccc(Cl)c3)cnc21. The van der Waals surface area contributed by atoms with Gasteiger partial charge in [0, 0.05) is 16.5 Å². The van der Waals surface area contributed by atoms with Crippen molar-refractivity contribution < 1.29 is 13.2 Å². The van der Waals surface area contributed by atoms with E-state index in [4.69, 9.17) is 11.6 Å². The molecule has 0 saturated carbocycles. The number of amides is 1. The molecule has 0 aliphatic heterocycles. The van der Waals surface area contributed by atoms with E-state index in [0.717, 1.165) is 5.39 Å². The molecular weight excluding hydrogens is 402 g/mol. The van der Waals surface area contributed by atoms with Crippen LogP contribution in [0.4, 0.5) is 5.69 Å². The molecule has 2 aromatic heterocycles. The highest BCUT2D eigenvalue weighted by Gasteiger charge is 2.22. The fourth-order valence-electron chi connectivity index (χ4n) is 2.63. The molecule has 3 rings (SSSR count). The summed E-state index contributed by atoms with van der Waals surface area (Å²) >= 11 is 5.84. The van der Waals surface area contributed by atoms with Crippen LogP contribution in [0.1, 0.15) is 26.8 Å². The highest BCUT2D eigenvalue weighted by Crippen LogP contribution is 2.19. The van der Waals surface area contributed by atoms with E-state index in [-0.39, 0.29) is 10.9 Å². The van der Waals surface area contributed by atoms with Gasteiger partial charge in [0.25, 0.3) is 0 Å². The fourth-order valence-corrected chi connectivity index (χ4v) is 4.13. The third-order valence-electron chi connectivity index (χ3n) is 4.02. The standard InChI is InChI=1S/C18H20ClN5O3S/c1-11(2)24-17-13(9-21-24)7-15(10-20-17)22-18(25)12(3)23-28(26,27)16-6-4-5-14(19)8-16/h4-12,23H,1-3H3,(H,22,25)/t12-/m1/s1. The highest BCUT2D eigenvalue weighted by molar-refractivity contribution is 7.89. The second-order valence-electron chi connectivity index (χ2n) is 6.61. The molecule has 2 heterocycles. The van der Waals surface area contributed by atoms with Gasteiger partial charge in [-0.3, -0.25) is 4.79 Å². The van der Waals surface area contributed by atoms with Gasteiger partial charge < -0.3 is 5.32 Å². The normalized spacial score (nSPS) is 13.0. The number of pyridine rings is 1. The van der Waals surface area contributed by atoms with Gasteiger partial charge in [0.2, 0.25) is 15.9 Å². The Bertz CT molecular complexity index is 1130. The first-order chi connectivity index (χ1) is 13.2. The number of fused-ring (bicyclic) bond motifs is 1. The third kappa shape index (κ3) is 4.32. The van der Waals surface area contributed by atoms with Crippen LogP contribution in [0.25, 0.3) is 11.0 Å². The van der Waals surface area contributed by atoms with E-state index in [2.05, 4.69) is 20.1 Å². The van der Waals surface area contributed by atoms with Crippen LogP contribution in [0.3, 0.4) is 0 Å². The lowest BCUT2D eigenvalue weighted by molar-refractivity contribution is -0.117. The number of rotatable bonds is 6. The quantitative estimate of drug-likeness (QED) is 0.636. The van der Waals surface area contributed by atoms with E-state index in [0.29, 0.717) is 16.4 Å². The summed E-state index contributed by atoms with van der Waals surface area (Å²) in [5.41, 5.74) is 1.16. The lowest BCUT2D eigenvalue weighted by atomic mass is 10.3. The molecular formula is C18H20ClN5O3S. The first kappa shape index (κ1) is 20.2. The smallest absolute Gasteiger partial charge is 0.242 e. The van der Waals surface area contributed by atoms with Gasteiger partial charge in [-0.2, -0.15) is 9.82 Å². The van der Waals surface area contributed by atoms with Gasteiger partial charge in [-0.15, -0.1) is 0 Å². The predicted molar refractivity (Wildman–Crippen MR) is 108 cm³/mol. The number of nitrogens with one attached hydrogen (secondary N) is 2. The van der Waals surface area contributed by atoms with Gasteiger partial charge >= 0.3 is 0 Å². The van der Waals surface area contributed by atoms with Crippen molar-refractivity contribution >= 4 is 44.3 Å². The van der Waals surface area contributed by atoms with Crippen molar-refractivity contribution in [3.63, 3.8) is 0 Å². The Hall–Kier alpha value is -2.49. The van der Waals surface area contributed by atoms with Crippen molar-refractivity contribution in [3.05, 3.63) is 47.7 Å². The van der Waals surface area contributed by atoms with Crippen molar-refractivity contribution in [1.29, 1.82) is 0 Å². The van der Waals surface area contributed by atoms with E-state index in [1.54, 1.807) is 23.0 Å². The molecule has 0 aliphatic carbocycles. The Morgan fingerprint density at radius 3 is 2.61 bits per heavy atom. The van der Waals surface area contributed by atoms with Gasteiger partial charge in [-0.25, -0.2) is 18.1 Å². The minimum Gasteiger partial charge on any atom is -0.323 e. The van der Waals surface area contributed by atoms with E-state index in [9.17, 15) is 13.2 Å². The zero-order chi connectivity index (χ0) is 20.5. The molecule has 0 unspecified atom stereocenters. The van der Waals surface area contributed by atoms with E-state index in [1.165, 1.54) is 31.3 Å². The maximum atomic E-state index is 12.4. The Balaban J connectivity index is 1.73. The van der Waals surface area contributed by atoms with Gasteiger partial charge in [-0.05, 0) is 45.0 Å². The average molecular weight is 422 g/mol. The van der Waals surface area contributed by atoms with Crippen LogP contribution in [0.5, 0.6) is 0 Å². The van der Waals surface area contributed by atoms with E-state index >= 15 is 0 Å². The zero-order valence-electron chi connectivity index (χ0n) is 15.5. The van der Waals surface area contributed by atoms with Crippen molar-refractivity contribution in [2.45, 2.75) is 37.8 Å². The molecule has 148 valence electrons. The second-order valence-corrected chi connectivity index (χ2v) is 8.76. The van der Waals surface area contributed by atoms with Gasteiger partial charge in [0.15, 0.2) is 5.65 Å². The number of aromatic nitrogens is 3. The third-order valence-corrected chi connectivity index (χ3v) is 5.80. The summed E-state index contributed by atoms with van der Waals surface area (Å²) in [7, 11) is -3.88. The number of carbonyl (C=O) groups is 1. The van der Waals surface area contributed by atoms with Crippen LogP contribution in [0.2, 0.25) is 5.02 Å². The second kappa shape index (κ2) is 7.86. The fraction of sp³-hybridized carbons (Fsp3) is 0.278. The largest absolute Gasteiger partial charge is 0.323 e. The lowest BCUT2D eigenvalue weighted by Gasteiger charge is -2.14. The summed E-state index contributed by atoms with van der Waals surface area (Å²) in [6.45, 7) is 5.45. The molecule has 28 heavy (non-hydrogen) atoms. The number of halogens is 1. The van der Waals surface area contributed by atoms with Gasteiger partial charge in [-0.1, -0.05) is 17.7 Å². The van der Waals surface area contributed by atoms with E-state index in [1.807, 2.05) is 13.8 Å². The number of benzene rings is 1. The molecule has 10 heteroatoms. The summed E-state index contributed by atoms with van der Waals surface area (Å²) in [5.74, 6) is -0.511. The molecule has 2 N–H and O–H groups in total. The molecule has 0 aliphatic rings. The molecule has 1 atom stereocenters. The van der Waals surface area contributed by atoms with Crippen LogP contribution >= 0.6 is 11.6 Å². The van der Waals surface area contributed by atoms with E-state index < -0.39 is 22.0 Å². The predicted octanol–water partition coefficient (Wildman–Crippen LogP) is 2.97. The van der Waals surface area contributed by atoms with Crippen LogP contribution < -0.4 is 10.0 Å². The molecule has 1 amide bonds. The lowest BCUT2D eigenvalue weighted by Crippen LogP contribution is -2.41. The minimum atomic E-state index is -3.88. The Morgan fingerprint density at radius 1 is 1.18 bits per heavy atom. The Kier molecular flexibility index (Phi) is 5.69. The average Bonchev–Trinajstić information content (AvgIpc) is 3.04. The number of sulfonamides is 1. The van der Waals surface area contributed by atoms with Crippen LogP contribution in [0.15, 0.2) is 47.6 Å². The summed E-state index contributed by atoms with van der Waals surface area (Å²) < 4.78 is 29.0.